The Bertz CT molecular complexity index is 505. The van der Waals surface area contributed by atoms with Crippen molar-refractivity contribution in [3.8, 4) is 0 Å². The maximum atomic E-state index is 10.6. The number of non-ortho nitro benzene ring substituents is 1. The molecule has 0 amide bonds. The number of rotatable bonds is 5. The van der Waals surface area contributed by atoms with Gasteiger partial charge < -0.3 is 10.4 Å². The minimum Gasteiger partial charge on any atom is -0.387 e. The maximum absolute atomic E-state index is 10.6. The van der Waals surface area contributed by atoms with Crippen molar-refractivity contribution in [3.05, 3.63) is 39.9 Å². The van der Waals surface area contributed by atoms with Gasteiger partial charge in [-0.15, -0.1) is 0 Å². The highest BCUT2D eigenvalue weighted by Crippen LogP contribution is 2.28. The molecule has 0 aromatic heterocycles. The number of nitro groups is 1. The molecule has 3 atom stereocenters. The van der Waals surface area contributed by atoms with E-state index in [0.29, 0.717) is 18.6 Å². The lowest BCUT2D eigenvalue weighted by atomic mass is 10.0. The molecular weight excluding hydrogens is 270 g/mol. The number of fused-ring (bicyclic) bond motifs is 1. The Balaban J connectivity index is 1.54. The molecule has 0 aliphatic carbocycles. The lowest BCUT2D eigenvalue weighted by Gasteiger charge is -2.22. The van der Waals surface area contributed by atoms with Crippen molar-refractivity contribution < 1.29 is 10.0 Å². The van der Waals surface area contributed by atoms with Crippen molar-refractivity contribution >= 4 is 5.69 Å². The molecule has 2 aliphatic heterocycles. The van der Waals surface area contributed by atoms with Crippen LogP contribution in [0.15, 0.2) is 24.3 Å². The van der Waals surface area contributed by atoms with E-state index in [-0.39, 0.29) is 5.69 Å². The van der Waals surface area contributed by atoms with Gasteiger partial charge in [-0.3, -0.25) is 15.0 Å². The quantitative estimate of drug-likeness (QED) is 0.634. The standard InChI is InChI=1S/C15H21N3O3/c19-15(11-3-5-12(6-4-11)18(20)21)10-16-13-7-9-17-8-1-2-14(13)17/h3-6,13-16,19H,1-2,7-10H2. The van der Waals surface area contributed by atoms with Gasteiger partial charge in [-0.25, -0.2) is 0 Å². The Labute approximate surface area is 123 Å². The average Bonchev–Trinajstić information content (AvgIpc) is 3.08. The van der Waals surface area contributed by atoms with Crippen LogP contribution in [0.3, 0.4) is 0 Å². The second kappa shape index (κ2) is 6.09. The molecule has 0 spiro atoms. The van der Waals surface area contributed by atoms with Gasteiger partial charge in [0.1, 0.15) is 0 Å². The van der Waals surface area contributed by atoms with E-state index in [1.54, 1.807) is 12.1 Å². The van der Waals surface area contributed by atoms with E-state index in [1.165, 1.54) is 31.5 Å². The number of nitrogens with one attached hydrogen (secondary N) is 1. The van der Waals surface area contributed by atoms with Gasteiger partial charge in [0.05, 0.1) is 11.0 Å². The van der Waals surface area contributed by atoms with Gasteiger partial charge in [-0.05, 0) is 43.5 Å². The molecule has 0 saturated carbocycles. The zero-order valence-electron chi connectivity index (χ0n) is 11.9. The maximum Gasteiger partial charge on any atom is 0.269 e. The van der Waals surface area contributed by atoms with Crippen LogP contribution in [-0.2, 0) is 0 Å². The predicted molar refractivity (Wildman–Crippen MR) is 79.1 cm³/mol. The number of nitrogens with zero attached hydrogens (tertiary/aromatic N) is 2. The number of aliphatic hydroxyl groups excluding tert-OH is 1. The van der Waals surface area contributed by atoms with E-state index in [1.807, 2.05) is 0 Å². The van der Waals surface area contributed by atoms with E-state index >= 15 is 0 Å². The Hall–Kier alpha value is -1.50. The first-order valence-corrected chi connectivity index (χ1v) is 7.55. The third-order valence-corrected chi connectivity index (χ3v) is 4.67. The topological polar surface area (TPSA) is 78.6 Å². The third-order valence-electron chi connectivity index (χ3n) is 4.67. The fourth-order valence-electron chi connectivity index (χ4n) is 3.52. The van der Waals surface area contributed by atoms with E-state index in [9.17, 15) is 15.2 Å². The van der Waals surface area contributed by atoms with E-state index in [2.05, 4.69) is 10.2 Å². The first kappa shape index (κ1) is 14.4. The molecule has 0 bridgehead atoms. The van der Waals surface area contributed by atoms with Crippen molar-refractivity contribution in [2.24, 2.45) is 0 Å². The Kier molecular flexibility index (Phi) is 4.19. The molecule has 2 fully saturated rings. The van der Waals surface area contributed by atoms with Crippen LogP contribution in [0.25, 0.3) is 0 Å². The predicted octanol–water partition coefficient (Wildman–Crippen LogP) is 1.45. The number of hydrogen-bond acceptors (Lipinski definition) is 5. The first-order chi connectivity index (χ1) is 10.1. The minimum atomic E-state index is -0.624. The molecule has 3 unspecified atom stereocenters. The molecular formula is C15H21N3O3. The van der Waals surface area contributed by atoms with Crippen LogP contribution in [0.5, 0.6) is 0 Å². The molecule has 3 rings (SSSR count). The monoisotopic (exact) mass is 291 g/mol. The molecule has 0 radical (unpaired) electrons. The van der Waals surface area contributed by atoms with Crippen molar-refractivity contribution in [2.75, 3.05) is 19.6 Å². The highest BCUT2D eigenvalue weighted by atomic mass is 16.6. The summed E-state index contributed by atoms with van der Waals surface area (Å²) in [7, 11) is 0. The van der Waals surface area contributed by atoms with Crippen molar-refractivity contribution in [2.45, 2.75) is 37.5 Å². The molecule has 21 heavy (non-hydrogen) atoms. The van der Waals surface area contributed by atoms with Crippen LogP contribution in [-0.4, -0.2) is 46.6 Å². The van der Waals surface area contributed by atoms with E-state index < -0.39 is 11.0 Å². The highest BCUT2D eigenvalue weighted by molar-refractivity contribution is 5.33. The second-order valence-corrected chi connectivity index (χ2v) is 5.91. The number of benzene rings is 1. The molecule has 1 aromatic rings. The summed E-state index contributed by atoms with van der Waals surface area (Å²) in [4.78, 5) is 12.7. The summed E-state index contributed by atoms with van der Waals surface area (Å²) < 4.78 is 0. The smallest absolute Gasteiger partial charge is 0.269 e. The second-order valence-electron chi connectivity index (χ2n) is 5.91. The summed E-state index contributed by atoms with van der Waals surface area (Å²) in [6, 6.07) is 7.20. The van der Waals surface area contributed by atoms with Gasteiger partial charge in [0, 0.05) is 37.3 Å². The lowest BCUT2D eigenvalue weighted by Crippen LogP contribution is -2.40. The molecule has 2 heterocycles. The summed E-state index contributed by atoms with van der Waals surface area (Å²) >= 11 is 0. The Morgan fingerprint density at radius 3 is 2.81 bits per heavy atom. The average molecular weight is 291 g/mol. The van der Waals surface area contributed by atoms with Crippen molar-refractivity contribution in [1.82, 2.24) is 10.2 Å². The van der Waals surface area contributed by atoms with Gasteiger partial charge in [0.25, 0.3) is 5.69 Å². The van der Waals surface area contributed by atoms with Gasteiger partial charge in [0.2, 0.25) is 0 Å². The molecule has 6 heteroatoms. The Morgan fingerprint density at radius 1 is 1.33 bits per heavy atom. The zero-order chi connectivity index (χ0) is 14.8. The van der Waals surface area contributed by atoms with Crippen LogP contribution in [0.1, 0.15) is 30.9 Å². The van der Waals surface area contributed by atoms with Gasteiger partial charge >= 0.3 is 0 Å². The molecule has 2 saturated heterocycles. The largest absolute Gasteiger partial charge is 0.387 e. The summed E-state index contributed by atoms with van der Waals surface area (Å²) in [6.45, 7) is 2.84. The number of hydrogen-bond donors (Lipinski definition) is 2. The fraction of sp³-hybridized carbons (Fsp3) is 0.600. The SMILES string of the molecule is O=[N+]([O-])c1ccc(C(O)CNC2CCN3CCCC23)cc1. The summed E-state index contributed by atoms with van der Waals surface area (Å²) in [5, 5.41) is 24.3. The molecule has 2 N–H and O–H groups in total. The van der Waals surface area contributed by atoms with E-state index in [0.717, 1.165) is 18.5 Å². The summed E-state index contributed by atoms with van der Waals surface area (Å²) in [5.74, 6) is 0. The van der Waals surface area contributed by atoms with Crippen LogP contribution in [0.4, 0.5) is 5.69 Å². The lowest BCUT2D eigenvalue weighted by molar-refractivity contribution is -0.384. The van der Waals surface area contributed by atoms with Crippen LogP contribution >= 0.6 is 0 Å². The van der Waals surface area contributed by atoms with Crippen LogP contribution < -0.4 is 5.32 Å². The molecule has 114 valence electrons. The highest BCUT2D eigenvalue weighted by Gasteiger charge is 2.36. The van der Waals surface area contributed by atoms with Crippen LogP contribution in [0.2, 0.25) is 0 Å². The van der Waals surface area contributed by atoms with Crippen molar-refractivity contribution in [3.63, 3.8) is 0 Å². The first-order valence-electron chi connectivity index (χ1n) is 7.55. The van der Waals surface area contributed by atoms with Gasteiger partial charge in [0.15, 0.2) is 0 Å². The van der Waals surface area contributed by atoms with Crippen molar-refractivity contribution in [1.29, 1.82) is 0 Å². The molecule has 2 aliphatic rings. The molecule has 1 aromatic carbocycles. The third kappa shape index (κ3) is 3.07. The normalized spacial score (nSPS) is 26.7. The van der Waals surface area contributed by atoms with E-state index in [4.69, 9.17) is 0 Å². The minimum absolute atomic E-state index is 0.0521. The number of nitro benzene ring substituents is 1. The number of aliphatic hydroxyl groups is 1. The summed E-state index contributed by atoms with van der Waals surface area (Å²) in [6.07, 6.45) is 3.03. The van der Waals surface area contributed by atoms with Crippen LogP contribution in [0, 0.1) is 10.1 Å². The van der Waals surface area contributed by atoms with Gasteiger partial charge in [-0.2, -0.15) is 0 Å². The molecule has 6 nitrogen and oxygen atoms in total. The van der Waals surface area contributed by atoms with Gasteiger partial charge in [-0.1, -0.05) is 0 Å². The zero-order valence-corrected chi connectivity index (χ0v) is 11.9. The fourth-order valence-corrected chi connectivity index (χ4v) is 3.52. The Morgan fingerprint density at radius 2 is 2.10 bits per heavy atom. The summed E-state index contributed by atoms with van der Waals surface area (Å²) in [5.41, 5.74) is 0.769.